The first-order valence-corrected chi connectivity index (χ1v) is 5.40. The molecular weight excluding hydrogens is 328 g/mol. The molecule has 0 aliphatic rings. The fraction of sp³-hybridized carbons (Fsp3) is 0.667. The van der Waals surface area contributed by atoms with Crippen LogP contribution in [0.4, 0.5) is 0 Å². The molecular formula is C6H9Br3O. The van der Waals surface area contributed by atoms with Crippen LogP contribution in [0, 0.1) is 0 Å². The van der Waals surface area contributed by atoms with Crippen LogP contribution in [0.1, 0.15) is 19.8 Å². The summed E-state index contributed by atoms with van der Waals surface area (Å²) < 4.78 is 6.79. The fourth-order valence-corrected chi connectivity index (χ4v) is 0.751. The van der Waals surface area contributed by atoms with Crippen molar-refractivity contribution in [3.63, 3.8) is 0 Å². The molecule has 10 heavy (non-hydrogen) atoms. The quantitative estimate of drug-likeness (QED) is 0.554. The molecule has 0 heterocycles. The fourth-order valence-electron chi connectivity index (χ4n) is 0.361. The second-order valence-electron chi connectivity index (χ2n) is 1.74. The van der Waals surface area contributed by atoms with E-state index in [2.05, 4.69) is 54.7 Å². The summed E-state index contributed by atoms with van der Waals surface area (Å²) >= 11 is 9.67. The Morgan fingerprint density at radius 1 is 1.30 bits per heavy atom. The van der Waals surface area contributed by atoms with Gasteiger partial charge in [0.15, 0.2) is 4.67 Å². The first kappa shape index (κ1) is 11.0. The van der Waals surface area contributed by atoms with Gasteiger partial charge in [-0.15, -0.1) is 0 Å². The molecule has 0 fully saturated rings. The Kier molecular flexibility index (Phi) is 7.33. The summed E-state index contributed by atoms with van der Waals surface area (Å²) in [6.07, 6.45) is 2.24. The maximum absolute atomic E-state index is 5.25. The molecule has 0 bridgehead atoms. The van der Waals surface area contributed by atoms with Crippen LogP contribution in [0.5, 0.6) is 0 Å². The molecule has 0 amide bonds. The lowest BCUT2D eigenvalue weighted by Gasteiger charge is -2.02. The highest BCUT2D eigenvalue weighted by atomic mass is 79.9. The zero-order valence-electron chi connectivity index (χ0n) is 5.66. The van der Waals surface area contributed by atoms with E-state index >= 15 is 0 Å². The molecule has 0 N–H and O–H groups in total. The van der Waals surface area contributed by atoms with Crippen molar-refractivity contribution in [2.45, 2.75) is 19.8 Å². The number of unbranched alkanes of at least 4 members (excludes halogenated alkanes) is 1. The first-order chi connectivity index (χ1) is 4.68. The van der Waals surface area contributed by atoms with Crippen LogP contribution < -0.4 is 0 Å². The van der Waals surface area contributed by atoms with Gasteiger partial charge in [0.2, 0.25) is 0 Å². The molecule has 0 aromatic heterocycles. The summed E-state index contributed by atoms with van der Waals surface area (Å²) in [5, 5.41) is 0. The molecule has 0 aromatic rings. The zero-order valence-corrected chi connectivity index (χ0v) is 10.4. The van der Waals surface area contributed by atoms with Crippen LogP contribution in [-0.2, 0) is 4.74 Å². The predicted octanol–water partition coefficient (Wildman–Crippen LogP) is 4.11. The van der Waals surface area contributed by atoms with Crippen molar-refractivity contribution in [1.82, 2.24) is 0 Å². The average Bonchev–Trinajstić information content (AvgIpc) is 1.88. The summed E-state index contributed by atoms with van der Waals surface area (Å²) in [6.45, 7) is 2.89. The van der Waals surface area contributed by atoms with Crippen molar-refractivity contribution >= 4 is 47.8 Å². The van der Waals surface area contributed by atoms with Gasteiger partial charge >= 0.3 is 0 Å². The highest BCUT2D eigenvalue weighted by molar-refractivity contribution is 9.29. The summed E-state index contributed by atoms with van der Waals surface area (Å²) in [5.41, 5.74) is 0. The Bertz CT molecular complexity index is 118. The van der Waals surface area contributed by atoms with Crippen molar-refractivity contribution in [3.8, 4) is 0 Å². The Morgan fingerprint density at radius 3 is 2.30 bits per heavy atom. The van der Waals surface area contributed by atoms with Crippen molar-refractivity contribution in [2.24, 2.45) is 0 Å². The standard InChI is InChI=1S/C6H9Br3O/c1-2-3-4-10-6(9)5(7)8/h2-4H2,1H3. The smallest absolute Gasteiger partial charge is 0.183 e. The van der Waals surface area contributed by atoms with Crippen LogP contribution in [0.2, 0.25) is 0 Å². The molecule has 0 spiro atoms. The van der Waals surface area contributed by atoms with E-state index in [1.54, 1.807) is 0 Å². The van der Waals surface area contributed by atoms with Gasteiger partial charge < -0.3 is 4.74 Å². The van der Waals surface area contributed by atoms with E-state index in [1.807, 2.05) is 0 Å². The number of hydrogen-bond donors (Lipinski definition) is 0. The lowest BCUT2D eigenvalue weighted by Crippen LogP contribution is -1.89. The van der Waals surface area contributed by atoms with E-state index in [9.17, 15) is 0 Å². The maximum atomic E-state index is 5.25. The van der Waals surface area contributed by atoms with Crippen LogP contribution >= 0.6 is 47.8 Å². The monoisotopic (exact) mass is 334 g/mol. The molecule has 0 atom stereocenters. The summed E-state index contributed by atoms with van der Waals surface area (Å²) in [6, 6.07) is 0. The SMILES string of the molecule is CCCCOC(Br)=C(Br)Br. The van der Waals surface area contributed by atoms with Crippen molar-refractivity contribution in [3.05, 3.63) is 8.06 Å². The highest BCUT2D eigenvalue weighted by Gasteiger charge is 1.96. The van der Waals surface area contributed by atoms with Gasteiger partial charge in [0.05, 0.1) is 6.61 Å². The third-order valence-electron chi connectivity index (χ3n) is 0.875. The Balaban J connectivity index is 3.40. The van der Waals surface area contributed by atoms with Crippen molar-refractivity contribution in [2.75, 3.05) is 6.61 Å². The van der Waals surface area contributed by atoms with E-state index < -0.39 is 0 Å². The van der Waals surface area contributed by atoms with E-state index in [1.165, 1.54) is 0 Å². The summed E-state index contributed by atoms with van der Waals surface area (Å²) in [7, 11) is 0. The lowest BCUT2D eigenvalue weighted by molar-refractivity contribution is 0.236. The third-order valence-corrected chi connectivity index (χ3v) is 3.29. The van der Waals surface area contributed by atoms with E-state index in [0.29, 0.717) is 0 Å². The largest absolute Gasteiger partial charge is 0.485 e. The van der Waals surface area contributed by atoms with E-state index in [0.717, 1.165) is 27.5 Å². The number of halogens is 3. The molecule has 0 radical (unpaired) electrons. The Hall–Kier alpha value is 0.980. The number of hydrogen-bond acceptors (Lipinski definition) is 1. The molecule has 4 heteroatoms. The lowest BCUT2D eigenvalue weighted by atomic mass is 10.4. The Morgan fingerprint density at radius 2 is 1.90 bits per heavy atom. The molecule has 0 unspecified atom stereocenters. The molecule has 0 aliphatic heterocycles. The number of ether oxygens (including phenoxy) is 1. The van der Waals surface area contributed by atoms with Crippen molar-refractivity contribution < 1.29 is 4.74 Å². The third kappa shape index (κ3) is 5.74. The molecule has 0 saturated heterocycles. The van der Waals surface area contributed by atoms with Crippen LogP contribution in [0.25, 0.3) is 0 Å². The van der Waals surface area contributed by atoms with Gasteiger partial charge in [-0.1, -0.05) is 13.3 Å². The van der Waals surface area contributed by atoms with Crippen LogP contribution in [0.3, 0.4) is 0 Å². The predicted molar refractivity (Wildman–Crippen MR) is 54.7 cm³/mol. The molecule has 1 nitrogen and oxygen atoms in total. The van der Waals surface area contributed by atoms with Gasteiger partial charge in [0.1, 0.15) is 3.39 Å². The van der Waals surface area contributed by atoms with Crippen LogP contribution in [-0.4, -0.2) is 6.61 Å². The zero-order chi connectivity index (χ0) is 7.98. The van der Waals surface area contributed by atoms with Gasteiger partial charge in [-0.3, -0.25) is 0 Å². The second kappa shape index (κ2) is 6.68. The second-order valence-corrected chi connectivity index (χ2v) is 5.11. The minimum absolute atomic E-state index is 0.723. The average molecular weight is 337 g/mol. The minimum Gasteiger partial charge on any atom is -0.485 e. The first-order valence-electron chi connectivity index (χ1n) is 3.02. The van der Waals surface area contributed by atoms with Crippen molar-refractivity contribution in [1.29, 1.82) is 0 Å². The Labute approximate surface area is 86.6 Å². The van der Waals surface area contributed by atoms with Gasteiger partial charge in [-0.25, -0.2) is 0 Å². The van der Waals surface area contributed by atoms with E-state index in [-0.39, 0.29) is 0 Å². The van der Waals surface area contributed by atoms with Gasteiger partial charge in [0.25, 0.3) is 0 Å². The molecule has 0 aromatic carbocycles. The summed E-state index contributed by atoms with van der Waals surface area (Å²) in [4.78, 5) is 0. The summed E-state index contributed by atoms with van der Waals surface area (Å²) in [5.74, 6) is 0. The van der Waals surface area contributed by atoms with Gasteiger partial charge in [0, 0.05) is 0 Å². The van der Waals surface area contributed by atoms with Gasteiger partial charge in [-0.05, 0) is 54.2 Å². The topological polar surface area (TPSA) is 9.23 Å². The molecule has 60 valence electrons. The van der Waals surface area contributed by atoms with Gasteiger partial charge in [-0.2, -0.15) is 0 Å². The maximum Gasteiger partial charge on any atom is 0.183 e. The molecule has 0 saturated carbocycles. The van der Waals surface area contributed by atoms with Crippen LogP contribution in [0.15, 0.2) is 8.06 Å². The molecule has 0 rings (SSSR count). The van der Waals surface area contributed by atoms with E-state index in [4.69, 9.17) is 4.74 Å². The molecule has 0 aliphatic carbocycles. The normalized spacial score (nSPS) is 9.20. The minimum atomic E-state index is 0.723. The number of rotatable bonds is 4. The highest BCUT2D eigenvalue weighted by Crippen LogP contribution is 2.24.